The van der Waals surface area contributed by atoms with Crippen molar-refractivity contribution in [1.29, 1.82) is 0 Å². The fraction of sp³-hybridized carbons (Fsp3) is 0.130. The number of nitrogens with zero attached hydrogens (tertiary/aromatic N) is 1. The molecule has 0 radical (unpaired) electrons. The van der Waals surface area contributed by atoms with Gasteiger partial charge in [0.15, 0.2) is 0 Å². The first-order valence-electron chi connectivity index (χ1n) is 9.40. The highest BCUT2D eigenvalue weighted by Crippen LogP contribution is 2.38. The number of H-pyrrole nitrogens is 1. The quantitative estimate of drug-likeness (QED) is 0.522. The number of hydrogen-bond acceptors (Lipinski definition) is 3. The first-order valence-corrected chi connectivity index (χ1v) is 9.40. The van der Waals surface area contributed by atoms with E-state index in [1.165, 1.54) is 4.57 Å². The third-order valence-electron chi connectivity index (χ3n) is 4.74. The van der Waals surface area contributed by atoms with Gasteiger partial charge >= 0.3 is 0 Å². The van der Waals surface area contributed by atoms with Gasteiger partial charge in [-0.3, -0.25) is 9.59 Å². The van der Waals surface area contributed by atoms with Crippen molar-refractivity contribution in [3.63, 3.8) is 0 Å². The largest absolute Gasteiger partial charge is 0.457 e. The normalized spacial score (nSPS) is 10.8. The number of anilines is 1. The number of pyridine rings is 1. The van der Waals surface area contributed by atoms with Gasteiger partial charge in [-0.25, -0.2) is 0 Å². The highest BCUT2D eigenvalue weighted by Gasteiger charge is 2.16. The minimum absolute atomic E-state index is 0.0695. The molecule has 6 heteroatoms. The summed E-state index contributed by atoms with van der Waals surface area (Å²) in [4.78, 5) is 27.3. The fourth-order valence-corrected chi connectivity index (χ4v) is 3.26. The van der Waals surface area contributed by atoms with Crippen molar-refractivity contribution in [2.45, 2.75) is 13.3 Å². The number of carbonyl (C=O) groups is 1. The van der Waals surface area contributed by atoms with Crippen molar-refractivity contribution in [1.82, 2.24) is 9.55 Å². The number of amides is 1. The molecule has 0 atom stereocenters. The topological polar surface area (TPSA) is 76.1 Å². The van der Waals surface area contributed by atoms with E-state index in [-0.39, 0.29) is 11.5 Å². The van der Waals surface area contributed by atoms with Crippen LogP contribution in [-0.2, 0) is 11.8 Å². The minimum atomic E-state index is -0.102. The van der Waals surface area contributed by atoms with E-state index in [0.717, 1.165) is 16.5 Å². The Morgan fingerprint density at radius 2 is 1.90 bits per heavy atom. The van der Waals surface area contributed by atoms with E-state index in [1.54, 1.807) is 26.4 Å². The molecule has 0 unspecified atom stereocenters. The first-order chi connectivity index (χ1) is 14.1. The van der Waals surface area contributed by atoms with Gasteiger partial charge < -0.3 is 19.6 Å². The molecule has 0 spiro atoms. The summed E-state index contributed by atoms with van der Waals surface area (Å²) in [6.07, 6.45) is 3.92. The fourth-order valence-electron chi connectivity index (χ4n) is 3.26. The monoisotopic (exact) mass is 387 g/mol. The molecular formula is C23H21N3O3. The SMILES string of the molecule is CCC(=O)Nc1ccc(Oc2ccccc2)c(-c2cn(C)c(=O)c3[nH]ccc23)c1. The van der Waals surface area contributed by atoms with E-state index >= 15 is 0 Å². The van der Waals surface area contributed by atoms with Crippen molar-refractivity contribution in [3.05, 3.63) is 77.3 Å². The summed E-state index contributed by atoms with van der Waals surface area (Å²) in [6.45, 7) is 1.81. The lowest BCUT2D eigenvalue weighted by Crippen LogP contribution is -2.16. The van der Waals surface area contributed by atoms with Crippen LogP contribution in [0.5, 0.6) is 11.5 Å². The number of aromatic nitrogens is 2. The highest BCUT2D eigenvalue weighted by molar-refractivity contribution is 5.98. The van der Waals surface area contributed by atoms with Gasteiger partial charge in [-0.2, -0.15) is 0 Å². The molecule has 0 aliphatic heterocycles. The number of para-hydroxylation sites is 1. The van der Waals surface area contributed by atoms with Gasteiger partial charge in [0.05, 0.1) is 0 Å². The second-order valence-electron chi connectivity index (χ2n) is 6.75. The van der Waals surface area contributed by atoms with Gasteiger partial charge in [0.1, 0.15) is 17.0 Å². The molecule has 0 saturated heterocycles. The van der Waals surface area contributed by atoms with E-state index in [4.69, 9.17) is 4.74 Å². The van der Waals surface area contributed by atoms with Crippen molar-refractivity contribution < 1.29 is 9.53 Å². The molecule has 146 valence electrons. The van der Waals surface area contributed by atoms with Gasteiger partial charge in [-0.05, 0) is 36.4 Å². The summed E-state index contributed by atoms with van der Waals surface area (Å²) >= 11 is 0. The predicted molar refractivity (Wildman–Crippen MR) is 114 cm³/mol. The van der Waals surface area contributed by atoms with Gasteiger partial charge in [0.25, 0.3) is 5.56 Å². The zero-order valence-corrected chi connectivity index (χ0v) is 16.2. The minimum Gasteiger partial charge on any atom is -0.457 e. The van der Waals surface area contributed by atoms with E-state index < -0.39 is 0 Å². The van der Waals surface area contributed by atoms with Crippen LogP contribution in [0.3, 0.4) is 0 Å². The maximum Gasteiger partial charge on any atom is 0.274 e. The molecule has 0 bridgehead atoms. The van der Waals surface area contributed by atoms with Crippen LogP contribution in [0.2, 0.25) is 0 Å². The highest BCUT2D eigenvalue weighted by atomic mass is 16.5. The molecule has 0 aliphatic carbocycles. The number of rotatable bonds is 5. The smallest absolute Gasteiger partial charge is 0.274 e. The Labute approximate surface area is 167 Å². The lowest BCUT2D eigenvalue weighted by atomic mass is 10.0. The zero-order chi connectivity index (χ0) is 20.4. The molecule has 2 aromatic heterocycles. The second-order valence-corrected chi connectivity index (χ2v) is 6.75. The predicted octanol–water partition coefficient (Wildman–Crippen LogP) is 4.67. The number of nitrogens with one attached hydrogen (secondary N) is 2. The zero-order valence-electron chi connectivity index (χ0n) is 16.2. The molecule has 4 rings (SSSR count). The molecule has 0 aliphatic rings. The van der Waals surface area contributed by atoms with Crippen LogP contribution in [0.4, 0.5) is 5.69 Å². The molecule has 0 saturated carbocycles. The summed E-state index contributed by atoms with van der Waals surface area (Å²) in [7, 11) is 1.71. The molecule has 4 aromatic rings. The van der Waals surface area contributed by atoms with Crippen LogP contribution in [0.15, 0.2) is 71.8 Å². The van der Waals surface area contributed by atoms with Crippen molar-refractivity contribution >= 4 is 22.5 Å². The molecule has 2 heterocycles. The third-order valence-corrected chi connectivity index (χ3v) is 4.74. The summed E-state index contributed by atoms with van der Waals surface area (Å²) in [5.74, 6) is 1.26. The van der Waals surface area contributed by atoms with Gasteiger partial charge in [-0.1, -0.05) is 25.1 Å². The van der Waals surface area contributed by atoms with Gasteiger partial charge in [0.2, 0.25) is 5.91 Å². The Kier molecular flexibility index (Phi) is 4.91. The third kappa shape index (κ3) is 3.65. The Bertz CT molecular complexity index is 1240. The summed E-state index contributed by atoms with van der Waals surface area (Å²) in [6, 6.07) is 16.9. The van der Waals surface area contributed by atoms with E-state index in [9.17, 15) is 9.59 Å². The molecule has 29 heavy (non-hydrogen) atoms. The molecule has 0 fully saturated rings. The molecular weight excluding hydrogens is 366 g/mol. The van der Waals surface area contributed by atoms with Crippen molar-refractivity contribution in [2.24, 2.45) is 7.05 Å². The number of benzene rings is 2. The van der Waals surface area contributed by atoms with Crippen LogP contribution >= 0.6 is 0 Å². The lowest BCUT2D eigenvalue weighted by Gasteiger charge is -2.15. The number of ether oxygens (including phenoxy) is 1. The van der Waals surface area contributed by atoms with Crippen LogP contribution in [0, 0.1) is 0 Å². The molecule has 6 nitrogen and oxygen atoms in total. The average molecular weight is 387 g/mol. The number of aryl methyl sites for hydroxylation is 1. The first kappa shape index (κ1) is 18.6. The summed E-state index contributed by atoms with van der Waals surface area (Å²) in [5.41, 5.74) is 2.71. The lowest BCUT2D eigenvalue weighted by molar-refractivity contribution is -0.115. The number of aromatic amines is 1. The Morgan fingerprint density at radius 3 is 2.66 bits per heavy atom. The summed E-state index contributed by atoms with van der Waals surface area (Å²) < 4.78 is 7.67. The van der Waals surface area contributed by atoms with E-state index in [0.29, 0.717) is 29.1 Å². The Hall–Kier alpha value is -3.80. The Morgan fingerprint density at radius 1 is 1.10 bits per heavy atom. The van der Waals surface area contributed by atoms with Gasteiger partial charge in [-0.15, -0.1) is 0 Å². The Balaban J connectivity index is 1.90. The van der Waals surface area contributed by atoms with Crippen LogP contribution in [0.25, 0.3) is 22.0 Å². The van der Waals surface area contributed by atoms with E-state index in [2.05, 4.69) is 10.3 Å². The molecule has 2 N–H and O–H groups in total. The number of fused-ring (bicyclic) bond motifs is 1. The van der Waals surface area contributed by atoms with E-state index in [1.807, 2.05) is 54.6 Å². The number of carbonyl (C=O) groups excluding carboxylic acids is 1. The van der Waals surface area contributed by atoms with Gasteiger partial charge in [0, 0.05) is 48.1 Å². The van der Waals surface area contributed by atoms with Crippen LogP contribution in [0.1, 0.15) is 13.3 Å². The number of hydrogen-bond donors (Lipinski definition) is 2. The standard InChI is InChI=1S/C23H21N3O3/c1-3-21(27)25-15-9-10-20(29-16-7-5-4-6-8-16)18(13-15)19-14-26(2)23(28)22-17(19)11-12-24-22/h4-14,24H,3H2,1-2H3,(H,25,27). The van der Waals surface area contributed by atoms with Crippen LogP contribution < -0.4 is 15.6 Å². The average Bonchev–Trinajstić information content (AvgIpc) is 3.23. The summed E-state index contributed by atoms with van der Waals surface area (Å²) in [5, 5.41) is 3.69. The van der Waals surface area contributed by atoms with Crippen LogP contribution in [-0.4, -0.2) is 15.5 Å². The van der Waals surface area contributed by atoms with Crippen molar-refractivity contribution in [2.75, 3.05) is 5.32 Å². The second kappa shape index (κ2) is 7.67. The maximum absolute atomic E-state index is 12.4. The maximum atomic E-state index is 12.4. The molecule has 2 aromatic carbocycles. The molecule has 1 amide bonds. The van der Waals surface area contributed by atoms with Crippen molar-refractivity contribution in [3.8, 4) is 22.6 Å².